The van der Waals surface area contributed by atoms with Crippen molar-refractivity contribution in [3.63, 3.8) is 0 Å². The number of nitrogens with zero attached hydrogens (tertiary/aromatic N) is 1. The molecule has 6 heteroatoms. The maximum absolute atomic E-state index is 12.2. The minimum absolute atomic E-state index is 0.223. The molecule has 0 aliphatic carbocycles. The summed E-state index contributed by atoms with van der Waals surface area (Å²) in [6.45, 7) is 0.223. The number of hydrogen-bond acceptors (Lipinski definition) is 5. The molecule has 0 fully saturated rings. The number of aromatic nitrogens is 1. The predicted octanol–water partition coefficient (Wildman–Crippen LogP) is 4.25. The minimum atomic E-state index is -0.242. The fraction of sp³-hybridized carbons (Fsp3) is 0.0476. The molecular weight excluding hydrogens is 344 g/mol. The summed E-state index contributed by atoms with van der Waals surface area (Å²) < 4.78 is 16.3. The fourth-order valence-electron chi connectivity index (χ4n) is 2.55. The zero-order chi connectivity index (χ0) is 18.5. The van der Waals surface area contributed by atoms with Crippen LogP contribution in [-0.4, -0.2) is 17.7 Å². The summed E-state index contributed by atoms with van der Waals surface area (Å²) in [6.07, 6.45) is 6.49. The van der Waals surface area contributed by atoms with E-state index in [2.05, 4.69) is 10.3 Å². The van der Waals surface area contributed by atoms with Gasteiger partial charge in [-0.25, -0.2) is 0 Å². The number of amides is 1. The van der Waals surface area contributed by atoms with Crippen LogP contribution < -0.4 is 19.5 Å². The molecule has 2 aromatic carbocycles. The van der Waals surface area contributed by atoms with Crippen LogP contribution in [0.25, 0.3) is 6.08 Å². The van der Waals surface area contributed by atoms with E-state index in [9.17, 15) is 4.79 Å². The number of nitrogens with one attached hydrogen (secondary N) is 1. The van der Waals surface area contributed by atoms with Gasteiger partial charge >= 0.3 is 0 Å². The molecule has 0 spiro atoms. The van der Waals surface area contributed by atoms with Crippen molar-refractivity contribution in [2.24, 2.45) is 0 Å². The van der Waals surface area contributed by atoms with E-state index in [1.54, 1.807) is 42.7 Å². The monoisotopic (exact) mass is 360 g/mol. The van der Waals surface area contributed by atoms with E-state index < -0.39 is 0 Å². The number of anilines is 1. The largest absolute Gasteiger partial charge is 0.457 e. The third-order valence-electron chi connectivity index (χ3n) is 3.81. The van der Waals surface area contributed by atoms with Gasteiger partial charge in [-0.1, -0.05) is 12.1 Å². The maximum Gasteiger partial charge on any atom is 0.248 e. The van der Waals surface area contributed by atoms with Crippen LogP contribution in [0.2, 0.25) is 0 Å². The first-order valence-electron chi connectivity index (χ1n) is 8.33. The summed E-state index contributed by atoms with van der Waals surface area (Å²) in [7, 11) is 0. The Kier molecular flexibility index (Phi) is 4.70. The highest BCUT2D eigenvalue weighted by Gasteiger charge is 2.12. The second-order valence-electron chi connectivity index (χ2n) is 5.75. The van der Waals surface area contributed by atoms with Gasteiger partial charge in [-0.3, -0.25) is 9.78 Å². The van der Waals surface area contributed by atoms with Gasteiger partial charge < -0.3 is 19.5 Å². The Morgan fingerprint density at radius 1 is 1.00 bits per heavy atom. The van der Waals surface area contributed by atoms with Crippen molar-refractivity contribution in [2.45, 2.75) is 0 Å². The maximum atomic E-state index is 12.2. The first-order chi connectivity index (χ1) is 13.3. The summed E-state index contributed by atoms with van der Waals surface area (Å²) in [5, 5.41) is 2.82. The van der Waals surface area contributed by atoms with Crippen LogP contribution in [0, 0.1) is 0 Å². The van der Waals surface area contributed by atoms with Crippen LogP contribution in [0.1, 0.15) is 5.56 Å². The Balaban J connectivity index is 1.40. The summed E-state index contributed by atoms with van der Waals surface area (Å²) in [4.78, 5) is 16.1. The van der Waals surface area contributed by atoms with Gasteiger partial charge in [0.05, 0.1) is 0 Å². The van der Waals surface area contributed by atoms with Gasteiger partial charge in [0.1, 0.15) is 11.5 Å². The zero-order valence-corrected chi connectivity index (χ0v) is 14.3. The van der Waals surface area contributed by atoms with E-state index in [0.29, 0.717) is 28.7 Å². The molecule has 134 valence electrons. The first-order valence-corrected chi connectivity index (χ1v) is 8.33. The lowest BCUT2D eigenvalue weighted by atomic mass is 10.2. The quantitative estimate of drug-likeness (QED) is 0.689. The summed E-state index contributed by atoms with van der Waals surface area (Å²) in [5.41, 5.74) is 1.49. The molecule has 0 saturated carbocycles. The molecule has 0 atom stereocenters. The molecule has 1 aromatic heterocycles. The summed E-state index contributed by atoms with van der Waals surface area (Å²) in [6, 6.07) is 16.2. The molecule has 0 unspecified atom stereocenters. The van der Waals surface area contributed by atoms with Crippen molar-refractivity contribution in [1.82, 2.24) is 4.98 Å². The Bertz CT molecular complexity index is 986. The number of ether oxygens (including phenoxy) is 3. The van der Waals surface area contributed by atoms with E-state index in [0.717, 1.165) is 5.56 Å². The molecule has 0 saturated heterocycles. The van der Waals surface area contributed by atoms with Crippen molar-refractivity contribution < 1.29 is 19.0 Å². The Labute approximate surface area is 156 Å². The number of carbonyl (C=O) groups is 1. The van der Waals surface area contributed by atoms with Gasteiger partial charge in [0.25, 0.3) is 0 Å². The highest BCUT2D eigenvalue weighted by molar-refractivity contribution is 6.02. The number of fused-ring (bicyclic) bond motifs is 1. The molecule has 3 aromatic rings. The number of pyridine rings is 1. The first kappa shape index (κ1) is 16.7. The Morgan fingerprint density at radius 3 is 2.74 bits per heavy atom. The van der Waals surface area contributed by atoms with Crippen molar-refractivity contribution in [3.05, 3.63) is 78.6 Å². The molecule has 1 aliphatic rings. The average Bonchev–Trinajstić information content (AvgIpc) is 3.15. The number of benzene rings is 2. The highest BCUT2D eigenvalue weighted by Crippen LogP contribution is 2.32. The zero-order valence-electron chi connectivity index (χ0n) is 14.3. The van der Waals surface area contributed by atoms with Gasteiger partial charge in [0, 0.05) is 30.2 Å². The minimum Gasteiger partial charge on any atom is -0.457 e. The number of hydrogen-bond donors (Lipinski definition) is 1. The second kappa shape index (κ2) is 7.61. The van der Waals surface area contributed by atoms with E-state index in [4.69, 9.17) is 14.2 Å². The van der Waals surface area contributed by atoms with Crippen LogP contribution in [0.4, 0.5) is 5.69 Å². The predicted molar refractivity (Wildman–Crippen MR) is 101 cm³/mol. The van der Waals surface area contributed by atoms with E-state index >= 15 is 0 Å². The second-order valence-corrected chi connectivity index (χ2v) is 5.75. The number of rotatable bonds is 5. The molecule has 27 heavy (non-hydrogen) atoms. The molecule has 4 rings (SSSR count). The van der Waals surface area contributed by atoms with Crippen LogP contribution in [0.5, 0.6) is 23.0 Å². The van der Waals surface area contributed by atoms with Crippen LogP contribution in [-0.2, 0) is 4.79 Å². The summed E-state index contributed by atoms with van der Waals surface area (Å²) >= 11 is 0. The molecule has 1 N–H and O–H groups in total. The molecular formula is C21H16N2O4. The van der Waals surface area contributed by atoms with Crippen molar-refractivity contribution >= 4 is 17.7 Å². The van der Waals surface area contributed by atoms with Gasteiger partial charge in [-0.05, 0) is 48.0 Å². The third kappa shape index (κ3) is 4.24. The molecule has 0 radical (unpaired) electrons. The topological polar surface area (TPSA) is 69.7 Å². The average molecular weight is 360 g/mol. The SMILES string of the molecule is O=C(/C=C/c1ccc2c(c1)OCO2)Nc1cccc(Oc2ccncc2)c1. The highest BCUT2D eigenvalue weighted by atomic mass is 16.7. The van der Waals surface area contributed by atoms with Gasteiger partial charge in [-0.15, -0.1) is 0 Å². The lowest BCUT2D eigenvalue weighted by Gasteiger charge is -2.07. The smallest absolute Gasteiger partial charge is 0.248 e. The number of carbonyl (C=O) groups excluding carboxylic acids is 1. The lowest BCUT2D eigenvalue weighted by molar-refractivity contribution is -0.111. The van der Waals surface area contributed by atoms with Crippen molar-refractivity contribution in [3.8, 4) is 23.0 Å². The molecule has 0 bridgehead atoms. The summed E-state index contributed by atoms with van der Waals surface area (Å²) in [5.74, 6) is 2.45. The standard InChI is InChI=1S/C21H16N2O4/c24-21(7-5-15-4-6-19-20(12-15)26-14-25-19)23-16-2-1-3-18(13-16)27-17-8-10-22-11-9-17/h1-13H,14H2,(H,23,24)/b7-5+. The van der Waals surface area contributed by atoms with Gasteiger partial charge in [0.15, 0.2) is 11.5 Å². The normalized spacial score (nSPS) is 12.1. The molecule has 2 heterocycles. The third-order valence-corrected chi connectivity index (χ3v) is 3.81. The lowest BCUT2D eigenvalue weighted by Crippen LogP contribution is -2.07. The van der Waals surface area contributed by atoms with Crippen molar-refractivity contribution in [1.29, 1.82) is 0 Å². The Hall–Kier alpha value is -3.80. The molecule has 6 nitrogen and oxygen atoms in total. The van der Waals surface area contributed by atoms with Gasteiger partial charge in [-0.2, -0.15) is 0 Å². The Morgan fingerprint density at radius 2 is 1.85 bits per heavy atom. The van der Waals surface area contributed by atoms with E-state index in [1.807, 2.05) is 30.3 Å². The fourth-order valence-corrected chi connectivity index (χ4v) is 2.55. The van der Waals surface area contributed by atoms with E-state index in [-0.39, 0.29) is 12.7 Å². The molecule has 1 amide bonds. The molecule has 1 aliphatic heterocycles. The van der Waals surface area contributed by atoms with Crippen LogP contribution >= 0.6 is 0 Å². The van der Waals surface area contributed by atoms with Crippen LogP contribution in [0.3, 0.4) is 0 Å². The van der Waals surface area contributed by atoms with E-state index in [1.165, 1.54) is 6.08 Å². The van der Waals surface area contributed by atoms with Crippen molar-refractivity contribution in [2.75, 3.05) is 12.1 Å². The van der Waals surface area contributed by atoms with Crippen LogP contribution in [0.15, 0.2) is 73.1 Å². The van der Waals surface area contributed by atoms with Gasteiger partial charge in [0.2, 0.25) is 12.7 Å².